The van der Waals surface area contributed by atoms with Crippen LogP contribution >= 0.6 is 0 Å². The minimum atomic E-state index is 0.514. The van der Waals surface area contributed by atoms with Gasteiger partial charge < -0.3 is 0 Å². The maximum Gasteiger partial charge on any atom is 0.133 e. The molecule has 1 nitrogen and oxygen atoms in total. The van der Waals surface area contributed by atoms with Crippen LogP contribution < -0.4 is 0 Å². The average Bonchev–Trinajstić information content (AvgIpc) is 2.27. The Bertz CT molecular complexity index is 174. The molecule has 0 aliphatic heterocycles. The molecule has 62 valence electrons. The summed E-state index contributed by atoms with van der Waals surface area (Å²) in [6, 6.07) is 0. The summed E-state index contributed by atoms with van der Waals surface area (Å²) in [5, 5.41) is 0. The van der Waals surface area contributed by atoms with Gasteiger partial charge in [0.25, 0.3) is 0 Å². The van der Waals surface area contributed by atoms with Crippen LogP contribution in [0.5, 0.6) is 0 Å². The molecular weight excluding hydrogens is 136 g/mol. The van der Waals surface area contributed by atoms with Crippen LogP contribution in [0.3, 0.4) is 0 Å². The Balaban J connectivity index is 2.02. The zero-order valence-corrected chi connectivity index (χ0v) is 7.18. The lowest BCUT2D eigenvalue weighted by Crippen LogP contribution is -2.19. The molecule has 0 radical (unpaired) electrons. The molecule has 0 bridgehead atoms. The van der Waals surface area contributed by atoms with Gasteiger partial charge in [-0.25, -0.2) is 0 Å². The molecule has 0 aromatic rings. The second-order valence-electron chi connectivity index (χ2n) is 4.38. The minimum Gasteiger partial charge on any atom is -0.300 e. The molecule has 11 heavy (non-hydrogen) atoms. The Kier molecular flexibility index (Phi) is 1.74. The number of carbonyl (C=O) groups is 1. The van der Waals surface area contributed by atoms with Crippen molar-refractivity contribution in [3.63, 3.8) is 0 Å². The van der Waals surface area contributed by atoms with Gasteiger partial charge in [-0.1, -0.05) is 6.92 Å². The van der Waals surface area contributed by atoms with Gasteiger partial charge in [-0.15, -0.1) is 0 Å². The van der Waals surface area contributed by atoms with Crippen LogP contribution in [0, 0.1) is 17.8 Å². The van der Waals surface area contributed by atoms with Crippen molar-refractivity contribution in [1.82, 2.24) is 0 Å². The van der Waals surface area contributed by atoms with Crippen molar-refractivity contribution in [2.24, 2.45) is 17.8 Å². The first-order chi connectivity index (χ1) is 5.25. The summed E-state index contributed by atoms with van der Waals surface area (Å²) >= 11 is 0. The van der Waals surface area contributed by atoms with Gasteiger partial charge in [-0.05, 0) is 37.0 Å². The molecule has 2 fully saturated rings. The van der Waals surface area contributed by atoms with Crippen molar-refractivity contribution in [3.05, 3.63) is 0 Å². The van der Waals surface area contributed by atoms with Crippen molar-refractivity contribution in [3.8, 4) is 0 Å². The SMILES string of the molecule is CC1C[C@H]2CCC(=O)C[C@H]2C1. The van der Waals surface area contributed by atoms with Crippen molar-refractivity contribution in [2.75, 3.05) is 0 Å². The van der Waals surface area contributed by atoms with E-state index in [1.54, 1.807) is 0 Å². The van der Waals surface area contributed by atoms with Crippen molar-refractivity contribution < 1.29 is 4.79 Å². The van der Waals surface area contributed by atoms with E-state index < -0.39 is 0 Å². The Morgan fingerprint density at radius 2 is 2.00 bits per heavy atom. The molecule has 3 atom stereocenters. The van der Waals surface area contributed by atoms with Gasteiger partial charge in [0.05, 0.1) is 0 Å². The van der Waals surface area contributed by atoms with Gasteiger partial charge in [-0.3, -0.25) is 4.79 Å². The smallest absolute Gasteiger partial charge is 0.133 e. The molecule has 0 N–H and O–H groups in total. The van der Waals surface area contributed by atoms with E-state index in [0.717, 1.165) is 30.6 Å². The molecule has 1 unspecified atom stereocenters. The summed E-state index contributed by atoms with van der Waals surface area (Å²) in [6.07, 6.45) is 5.66. The van der Waals surface area contributed by atoms with Gasteiger partial charge >= 0.3 is 0 Å². The van der Waals surface area contributed by atoms with E-state index in [-0.39, 0.29) is 0 Å². The summed E-state index contributed by atoms with van der Waals surface area (Å²) in [4.78, 5) is 11.1. The monoisotopic (exact) mass is 152 g/mol. The van der Waals surface area contributed by atoms with Crippen LogP contribution in [0.25, 0.3) is 0 Å². The van der Waals surface area contributed by atoms with Gasteiger partial charge in [0.2, 0.25) is 0 Å². The molecule has 2 saturated carbocycles. The fraction of sp³-hybridized carbons (Fsp3) is 0.900. The third-order valence-corrected chi connectivity index (χ3v) is 3.36. The number of ketones is 1. The van der Waals surface area contributed by atoms with E-state index in [1.165, 1.54) is 19.3 Å². The van der Waals surface area contributed by atoms with Crippen molar-refractivity contribution >= 4 is 5.78 Å². The van der Waals surface area contributed by atoms with Crippen LogP contribution in [0.15, 0.2) is 0 Å². The summed E-state index contributed by atoms with van der Waals surface area (Å²) in [5.41, 5.74) is 0. The molecule has 0 aromatic heterocycles. The number of fused-ring (bicyclic) bond motifs is 1. The largest absolute Gasteiger partial charge is 0.300 e. The van der Waals surface area contributed by atoms with E-state index >= 15 is 0 Å². The van der Waals surface area contributed by atoms with Crippen LogP contribution in [0.1, 0.15) is 39.0 Å². The van der Waals surface area contributed by atoms with Gasteiger partial charge in [0, 0.05) is 12.8 Å². The first-order valence-corrected chi connectivity index (χ1v) is 4.77. The van der Waals surface area contributed by atoms with E-state index in [9.17, 15) is 4.79 Å². The van der Waals surface area contributed by atoms with Crippen LogP contribution in [0.2, 0.25) is 0 Å². The number of hydrogen-bond donors (Lipinski definition) is 0. The summed E-state index contributed by atoms with van der Waals surface area (Å²) in [7, 11) is 0. The molecule has 2 rings (SSSR count). The molecule has 0 heterocycles. The minimum absolute atomic E-state index is 0.514. The molecule has 0 amide bonds. The maximum atomic E-state index is 11.1. The highest BCUT2D eigenvalue weighted by atomic mass is 16.1. The lowest BCUT2D eigenvalue weighted by Gasteiger charge is -2.23. The van der Waals surface area contributed by atoms with Crippen LogP contribution in [-0.4, -0.2) is 5.78 Å². The fourth-order valence-electron chi connectivity index (χ4n) is 2.86. The summed E-state index contributed by atoms with van der Waals surface area (Å²) < 4.78 is 0. The topological polar surface area (TPSA) is 17.1 Å². The first-order valence-electron chi connectivity index (χ1n) is 4.77. The maximum absolute atomic E-state index is 11.1. The third kappa shape index (κ3) is 1.33. The highest BCUT2D eigenvalue weighted by molar-refractivity contribution is 5.79. The summed E-state index contributed by atoms with van der Waals surface area (Å²) in [6.45, 7) is 2.32. The summed E-state index contributed by atoms with van der Waals surface area (Å²) in [5.74, 6) is 3.07. The van der Waals surface area contributed by atoms with E-state index in [2.05, 4.69) is 6.92 Å². The van der Waals surface area contributed by atoms with E-state index in [0.29, 0.717) is 5.78 Å². The molecule has 0 spiro atoms. The molecule has 0 aromatic carbocycles. The molecule has 0 saturated heterocycles. The lowest BCUT2D eigenvalue weighted by molar-refractivity contribution is -0.122. The Morgan fingerprint density at radius 3 is 2.82 bits per heavy atom. The predicted molar refractivity (Wildman–Crippen MR) is 44.2 cm³/mol. The average molecular weight is 152 g/mol. The number of Topliss-reactive ketones (excluding diaryl/α,β-unsaturated/α-hetero) is 1. The molecule has 2 aliphatic carbocycles. The molecular formula is C10H16O. The first kappa shape index (κ1) is 7.33. The lowest BCUT2D eigenvalue weighted by atomic mass is 9.81. The zero-order chi connectivity index (χ0) is 7.84. The Hall–Kier alpha value is -0.330. The Labute approximate surface area is 68.2 Å². The third-order valence-electron chi connectivity index (χ3n) is 3.36. The van der Waals surface area contributed by atoms with E-state index in [1.807, 2.05) is 0 Å². The van der Waals surface area contributed by atoms with E-state index in [4.69, 9.17) is 0 Å². The number of carbonyl (C=O) groups excluding carboxylic acids is 1. The van der Waals surface area contributed by atoms with Gasteiger partial charge in [-0.2, -0.15) is 0 Å². The Morgan fingerprint density at radius 1 is 1.27 bits per heavy atom. The van der Waals surface area contributed by atoms with Crippen LogP contribution in [-0.2, 0) is 4.79 Å². The molecule has 1 heteroatoms. The number of rotatable bonds is 0. The quantitative estimate of drug-likeness (QED) is 0.521. The highest BCUT2D eigenvalue weighted by Crippen LogP contribution is 2.43. The molecule has 2 aliphatic rings. The highest BCUT2D eigenvalue weighted by Gasteiger charge is 2.35. The van der Waals surface area contributed by atoms with Gasteiger partial charge in [0.15, 0.2) is 0 Å². The zero-order valence-electron chi connectivity index (χ0n) is 7.18. The van der Waals surface area contributed by atoms with Crippen LogP contribution in [0.4, 0.5) is 0 Å². The number of hydrogen-bond acceptors (Lipinski definition) is 1. The van der Waals surface area contributed by atoms with Gasteiger partial charge in [0.1, 0.15) is 5.78 Å². The second-order valence-corrected chi connectivity index (χ2v) is 4.38. The standard InChI is InChI=1S/C10H16O/c1-7-4-8-2-3-10(11)6-9(8)5-7/h7-9H,2-6H2,1H3/t7?,8-,9-/m1/s1. The second kappa shape index (κ2) is 2.62. The fourth-order valence-corrected chi connectivity index (χ4v) is 2.86. The van der Waals surface area contributed by atoms with Crippen molar-refractivity contribution in [2.45, 2.75) is 39.0 Å². The predicted octanol–water partition coefficient (Wildman–Crippen LogP) is 2.40. The normalized spacial score (nSPS) is 44.1. The van der Waals surface area contributed by atoms with Crippen molar-refractivity contribution in [1.29, 1.82) is 0 Å².